The van der Waals surface area contributed by atoms with E-state index in [9.17, 15) is 13.2 Å². The molecule has 0 amide bonds. The average Bonchev–Trinajstić information content (AvgIpc) is 2.60. The summed E-state index contributed by atoms with van der Waals surface area (Å²) in [4.78, 5) is 1.66. The Labute approximate surface area is 108 Å². The van der Waals surface area contributed by atoms with Crippen molar-refractivity contribution in [3.05, 3.63) is 11.4 Å². The molecule has 8 heteroatoms. The minimum absolute atomic E-state index is 0.209. The highest BCUT2D eigenvalue weighted by atomic mass is 19.4. The molecule has 1 aliphatic heterocycles. The SMILES string of the molecule is Cc1nonc1CN1CC(C(F)(F)F)OC(C)(C)C1. The summed E-state index contributed by atoms with van der Waals surface area (Å²) in [5.74, 6) is 0. The molecule has 1 saturated heterocycles. The molecule has 1 aliphatic rings. The zero-order chi connectivity index (χ0) is 14.3. The van der Waals surface area contributed by atoms with Crippen molar-refractivity contribution in [2.24, 2.45) is 0 Å². The van der Waals surface area contributed by atoms with Crippen LogP contribution in [-0.2, 0) is 11.3 Å². The van der Waals surface area contributed by atoms with Gasteiger partial charge in [-0.15, -0.1) is 0 Å². The molecular weight excluding hydrogens is 263 g/mol. The van der Waals surface area contributed by atoms with Crippen molar-refractivity contribution in [1.82, 2.24) is 15.2 Å². The fourth-order valence-corrected chi connectivity index (χ4v) is 2.19. The number of halogens is 3. The fourth-order valence-electron chi connectivity index (χ4n) is 2.19. The quantitative estimate of drug-likeness (QED) is 0.828. The predicted molar refractivity (Wildman–Crippen MR) is 59.3 cm³/mol. The lowest BCUT2D eigenvalue weighted by Gasteiger charge is -2.42. The van der Waals surface area contributed by atoms with Crippen LogP contribution >= 0.6 is 0 Å². The zero-order valence-electron chi connectivity index (χ0n) is 11.0. The van der Waals surface area contributed by atoms with Crippen molar-refractivity contribution >= 4 is 0 Å². The van der Waals surface area contributed by atoms with Crippen molar-refractivity contribution in [3.63, 3.8) is 0 Å². The van der Waals surface area contributed by atoms with Crippen LogP contribution in [0.2, 0.25) is 0 Å². The summed E-state index contributed by atoms with van der Waals surface area (Å²) < 4.78 is 48.1. The summed E-state index contributed by atoms with van der Waals surface area (Å²) in [5.41, 5.74) is 0.287. The van der Waals surface area contributed by atoms with Gasteiger partial charge in [0.1, 0.15) is 11.4 Å². The maximum Gasteiger partial charge on any atom is 0.415 e. The number of ether oxygens (including phenoxy) is 1. The molecule has 1 unspecified atom stereocenters. The van der Waals surface area contributed by atoms with Gasteiger partial charge in [-0.2, -0.15) is 13.2 Å². The lowest BCUT2D eigenvalue weighted by molar-refractivity contribution is -0.273. The van der Waals surface area contributed by atoms with E-state index in [1.165, 1.54) is 0 Å². The minimum atomic E-state index is -4.37. The van der Waals surface area contributed by atoms with Crippen LogP contribution < -0.4 is 0 Å². The van der Waals surface area contributed by atoms with E-state index in [4.69, 9.17) is 4.74 Å². The van der Waals surface area contributed by atoms with Crippen molar-refractivity contribution < 1.29 is 22.5 Å². The van der Waals surface area contributed by atoms with Crippen LogP contribution in [0.3, 0.4) is 0 Å². The molecule has 0 saturated carbocycles. The first-order valence-corrected chi connectivity index (χ1v) is 5.92. The number of alkyl halides is 3. The number of aryl methyl sites for hydroxylation is 1. The summed E-state index contributed by atoms with van der Waals surface area (Å²) in [7, 11) is 0. The molecule has 0 radical (unpaired) electrons. The Balaban J connectivity index is 2.10. The van der Waals surface area contributed by atoms with Crippen LogP contribution in [0.1, 0.15) is 25.2 Å². The maximum absolute atomic E-state index is 12.8. The third kappa shape index (κ3) is 3.44. The smallest absolute Gasteiger partial charge is 0.360 e. The first-order valence-electron chi connectivity index (χ1n) is 5.92. The lowest BCUT2D eigenvalue weighted by Crippen LogP contribution is -2.56. The molecule has 1 aromatic rings. The first-order chi connectivity index (χ1) is 8.67. The first kappa shape index (κ1) is 14.3. The van der Waals surface area contributed by atoms with Gasteiger partial charge in [0.05, 0.1) is 5.60 Å². The summed E-state index contributed by atoms with van der Waals surface area (Å²) in [6.07, 6.45) is -6.15. The highest BCUT2D eigenvalue weighted by molar-refractivity contribution is 5.05. The van der Waals surface area contributed by atoms with Crippen molar-refractivity contribution in [3.8, 4) is 0 Å². The molecule has 0 aromatic carbocycles. The molecule has 0 spiro atoms. The highest BCUT2D eigenvalue weighted by Gasteiger charge is 2.48. The zero-order valence-corrected chi connectivity index (χ0v) is 11.0. The second-order valence-electron chi connectivity index (χ2n) is 5.37. The summed E-state index contributed by atoms with van der Waals surface area (Å²) in [5, 5.41) is 7.32. The Hall–Kier alpha value is -1.15. The summed E-state index contributed by atoms with van der Waals surface area (Å²) in [6.45, 7) is 5.45. The van der Waals surface area contributed by atoms with E-state index in [0.717, 1.165) is 0 Å². The van der Waals surface area contributed by atoms with E-state index in [1.54, 1.807) is 25.7 Å². The van der Waals surface area contributed by atoms with Crippen LogP contribution in [0.25, 0.3) is 0 Å². The molecule has 108 valence electrons. The number of hydrogen-bond acceptors (Lipinski definition) is 5. The summed E-state index contributed by atoms with van der Waals surface area (Å²) in [6, 6.07) is 0. The Morgan fingerprint density at radius 1 is 1.37 bits per heavy atom. The van der Waals surface area contributed by atoms with Gasteiger partial charge in [0.15, 0.2) is 6.10 Å². The van der Waals surface area contributed by atoms with Crippen molar-refractivity contribution in [1.29, 1.82) is 0 Å². The van der Waals surface area contributed by atoms with E-state index in [1.807, 2.05) is 0 Å². The van der Waals surface area contributed by atoms with Gasteiger partial charge in [0.2, 0.25) is 0 Å². The molecule has 5 nitrogen and oxygen atoms in total. The second kappa shape index (κ2) is 4.75. The molecule has 19 heavy (non-hydrogen) atoms. The number of rotatable bonds is 2. The molecule has 1 aromatic heterocycles. The van der Waals surface area contributed by atoms with E-state index < -0.39 is 17.9 Å². The molecule has 0 aliphatic carbocycles. The van der Waals surface area contributed by atoms with Gasteiger partial charge < -0.3 is 4.74 Å². The lowest BCUT2D eigenvalue weighted by atomic mass is 10.0. The molecule has 2 heterocycles. The van der Waals surface area contributed by atoms with E-state index in [0.29, 0.717) is 17.9 Å². The molecule has 2 rings (SSSR count). The van der Waals surface area contributed by atoms with Crippen LogP contribution in [0, 0.1) is 6.92 Å². The standard InChI is InChI=1S/C11H16F3N3O2/c1-7-8(16-19-15-7)4-17-5-9(11(12,13)14)18-10(2,3)6-17/h9H,4-6H2,1-3H3. The number of nitrogens with zero attached hydrogens (tertiary/aromatic N) is 3. The third-order valence-corrected chi connectivity index (χ3v) is 2.97. The van der Waals surface area contributed by atoms with Gasteiger partial charge >= 0.3 is 6.18 Å². The van der Waals surface area contributed by atoms with Crippen LogP contribution in [0.5, 0.6) is 0 Å². The van der Waals surface area contributed by atoms with E-state index in [-0.39, 0.29) is 13.1 Å². The Morgan fingerprint density at radius 2 is 2.05 bits per heavy atom. The molecule has 1 fully saturated rings. The van der Waals surface area contributed by atoms with Gasteiger partial charge in [-0.3, -0.25) is 4.90 Å². The molecule has 0 N–H and O–H groups in total. The molecule has 1 atom stereocenters. The Bertz CT molecular complexity index is 445. The fraction of sp³-hybridized carbons (Fsp3) is 0.818. The second-order valence-corrected chi connectivity index (χ2v) is 5.37. The normalized spacial score (nSPS) is 24.6. The van der Waals surface area contributed by atoms with Gasteiger partial charge in [-0.25, -0.2) is 4.63 Å². The van der Waals surface area contributed by atoms with E-state index >= 15 is 0 Å². The topological polar surface area (TPSA) is 51.4 Å². The minimum Gasteiger partial charge on any atom is -0.360 e. The van der Waals surface area contributed by atoms with Crippen molar-refractivity contribution in [2.75, 3.05) is 13.1 Å². The molecular formula is C11H16F3N3O2. The van der Waals surface area contributed by atoms with Gasteiger partial charge in [-0.05, 0) is 20.8 Å². The van der Waals surface area contributed by atoms with Crippen LogP contribution in [0.4, 0.5) is 13.2 Å². The summed E-state index contributed by atoms with van der Waals surface area (Å²) >= 11 is 0. The monoisotopic (exact) mass is 279 g/mol. The van der Waals surface area contributed by atoms with Crippen molar-refractivity contribution in [2.45, 2.75) is 45.2 Å². The number of morpholine rings is 1. The number of hydrogen-bond donors (Lipinski definition) is 0. The van der Waals surface area contributed by atoms with Crippen LogP contribution in [-0.4, -0.2) is 46.2 Å². The van der Waals surface area contributed by atoms with Gasteiger partial charge in [-0.1, -0.05) is 10.3 Å². The highest BCUT2D eigenvalue weighted by Crippen LogP contribution is 2.32. The largest absolute Gasteiger partial charge is 0.415 e. The Kier molecular flexibility index (Phi) is 3.57. The number of aromatic nitrogens is 2. The van der Waals surface area contributed by atoms with Gasteiger partial charge in [0.25, 0.3) is 0 Å². The predicted octanol–water partition coefficient (Wildman–Crippen LogP) is 1.92. The van der Waals surface area contributed by atoms with E-state index in [2.05, 4.69) is 14.9 Å². The maximum atomic E-state index is 12.8. The average molecular weight is 279 g/mol. The molecule has 0 bridgehead atoms. The van der Waals surface area contributed by atoms with Crippen LogP contribution in [0.15, 0.2) is 4.63 Å². The third-order valence-electron chi connectivity index (χ3n) is 2.97. The van der Waals surface area contributed by atoms with Gasteiger partial charge in [0, 0.05) is 19.6 Å². The Morgan fingerprint density at radius 3 is 2.58 bits per heavy atom.